The summed E-state index contributed by atoms with van der Waals surface area (Å²) in [5, 5.41) is 12.3. The van der Waals surface area contributed by atoms with E-state index in [4.69, 9.17) is 4.74 Å². The zero-order chi connectivity index (χ0) is 14.3. The number of benzene rings is 1. The minimum absolute atomic E-state index is 0.0945. The molecule has 0 fully saturated rings. The first kappa shape index (κ1) is 15.5. The number of ether oxygens (including phenoxy) is 1. The van der Waals surface area contributed by atoms with Gasteiger partial charge < -0.3 is 20.1 Å². The minimum Gasteiger partial charge on any atom is -0.497 e. The molecule has 0 aromatic heterocycles. The third-order valence-corrected chi connectivity index (χ3v) is 2.63. The molecule has 1 atom stereocenters. The topological polar surface area (TPSA) is 61.8 Å². The molecule has 1 unspecified atom stereocenters. The maximum atomic E-state index is 11.7. The lowest BCUT2D eigenvalue weighted by Gasteiger charge is -2.16. The van der Waals surface area contributed by atoms with Crippen LogP contribution in [0.1, 0.15) is 5.56 Å². The van der Waals surface area contributed by atoms with Crippen molar-refractivity contribution in [1.29, 1.82) is 0 Å². The van der Waals surface area contributed by atoms with Crippen LogP contribution in [-0.4, -0.2) is 56.3 Å². The van der Waals surface area contributed by atoms with E-state index in [0.29, 0.717) is 13.0 Å². The van der Waals surface area contributed by atoms with E-state index in [1.54, 1.807) is 7.11 Å². The molecule has 1 aromatic carbocycles. The average Bonchev–Trinajstić information content (AvgIpc) is 2.36. The molecule has 106 valence electrons. The standard InChI is InChI=1S/C14H22N2O3/c1-16(2)10-12(17)9-15-14(18)8-11-4-6-13(19-3)7-5-11/h4-7,12,17H,8-10H2,1-3H3,(H,15,18). The number of carbonyl (C=O) groups excluding carboxylic acids is 1. The second-order valence-electron chi connectivity index (χ2n) is 4.74. The fourth-order valence-corrected chi connectivity index (χ4v) is 1.71. The molecule has 1 amide bonds. The zero-order valence-corrected chi connectivity index (χ0v) is 11.7. The van der Waals surface area contributed by atoms with Crippen molar-refractivity contribution in [1.82, 2.24) is 10.2 Å². The number of aliphatic hydroxyl groups excluding tert-OH is 1. The van der Waals surface area contributed by atoms with E-state index in [9.17, 15) is 9.90 Å². The van der Waals surface area contributed by atoms with E-state index in [2.05, 4.69) is 5.32 Å². The largest absolute Gasteiger partial charge is 0.497 e. The molecule has 2 N–H and O–H groups in total. The second kappa shape index (κ2) is 7.76. The quantitative estimate of drug-likeness (QED) is 0.744. The van der Waals surface area contributed by atoms with Gasteiger partial charge in [0.25, 0.3) is 0 Å². The summed E-state index contributed by atoms with van der Waals surface area (Å²) in [7, 11) is 5.36. The molecule has 1 aromatic rings. The molecule has 0 aliphatic rings. The van der Waals surface area contributed by atoms with Gasteiger partial charge in [0.05, 0.1) is 19.6 Å². The Labute approximate surface area is 114 Å². The predicted molar refractivity (Wildman–Crippen MR) is 74.3 cm³/mol. The highest BCUT2D eigenvalue weighted by molar-refractivity contribution is 5.78. The van der Waals surface area contributed by atoms with E-state index in [-0.39, 0.29) is 12.5 Å². The molecule has 5 heteroatoms. The molecule has 5 nitrogen and oxygen atoms in total. The van der Waals surface area contributed by atoms with Crippen LogP contribution in [0.5, 0.6) is 5.75 Å². The molecule has 0 aliphatic carbocycles. The van der Waals surface area contributed by atoms with Gasteiger partial charge in [-0.05, 0) is 31.8 Å². The number of likely N-dealkylation sites (N-methyl/N-ethyl adjacent to an activating group) is 1. The third-order valence-electron chi connectivity index (χ3n) is 2.63. The van der Waals surface area contributed by atoms with Crippen LogP contribution in [0.4, 0.5) is 0 Å². The highest BCUT2D eigenvalue weighted by atomic mass is 16.5. The maximum absolute atomic E-state index is 11.7. The lowest BCUT2D eigenvalue weighted by atomic mass is 10.1. The van der Waals surface area contributed by atoms with Crippen LogP contribution >= 0.6 is 0 Å². The van der Waals surface area contributed by atoms with Gasteiger partial charge in [0.2, 0.25) is 5.91 Å². The number of nitrogens with zero attached hydrogens (tertiary/aromatic N) is 1. The third kappa shape index (κ3) is 6.22. The van der Waals surface area contributed by atoms with Crippen LogP contribution in [0.2, 0.25) is 0 Å². The van der Waals surface area contributed by atoms with Crippen molar-refractivity contribution in [2.24, 2.45) is 0 Å². The fraction of sp³-hybridized carbons (Fsp3) is 0.500. The molecule has 0 radical (unpaired) electrons. The molecule has 0 saturated heterocycles. The van der Waals surface area contributed by atoms with Gasteiger partial charge in [0.1, 0.15) is 5.75 Å². The molecule has 0 spiro atoms. The summed E-state index contributed by atoms with van der Waals surface area (Å²) in [6, 6.07) is 7.36. The van der Waals surface area contributed by atoms with Crippen molar-refractivity contribution >= 4 is 5.91 Å². The Kier molecular flexibility index (Phi) is 6.32. The van der Waals surface area contributed by atoms with Crippen molar-refractivity contribution in [3.8, 4) is 5.75 Å². The predicted octanol–water partition coefficient (Wildman–Crippen LogP) is 0.276. The van der Waals surface area contributed by atoms with Crippen LogP contribution in [0.15, 0.2) is 24.3 Å². The Morgan fingerprint density at radius 3 is 2.53 bits per heavy atom. The van der Waals surface area contributed by atoms with Crippen LogP contribution in [0, 0.1) is 0 Å². The van der Waals surface area contributed by atoms with Crippen molar-refractivity contribution in [3.05, 3.63) is 29.8 Å². The summed E-state index contributed by atoms with van der Waals surface area (Å²) >= 11 is 0. The SMILES string of the molecule is COc1ccc(CC(=O)NCC(O)CN(C)C)cc1. The van der Waals surface area contributed by atoms with Crippen molar-refractivity contribution < 1.29 is 14.6 Å². The van der Waals surface area contributed by atoms with E-state index in [1.165, 1.54) is 0 Å². The van der Waals surface area contributed by atoms with Gasteiger partial charge in [-0.2, -0.15) is 0 Å². The van der Waals surface area contributed by atoms with Crippen molar-refractivity contribution in [3.63, 3.8) is 0 Å². The Morgan fingerprint density at radius 1 is 1.37 bits per heavy atom. The van der Waals surface area contributed by atoms with Gasteiger partial charge in [-0.1, -0.05) is 12.1 Å². The molecule has 0 bridgehead atoms. The summed E-state index contributed by atoms with van der Waals surface area (Å²) in [5.74, 6) is 0.675. The van der Waals surface area contributed by atoms with Crippen LogP contribution in [0.3, 0.4) is 0 Å². The zero-order valence-electron chi connectivity index (χ0n) is 11.7. The fourth-order valence-electron chi connectivity index (χ4n) is 1.71. The lowest BCUT2D eigenvalue weighted by Crippen LogP contribution is -2.38. The van der Waals surface area contributed by atoms with Crippen LogP contribution < -0.4 is 10.1 Å². The summed E-state index contributed by atoms with van der Waals surface area (Å²) in [4.78, 5) is 13.6. The van der Waals surface area contributed by atoms with Gasteiger partial charge in [0.15, 0.2) is 0 Å². The van der Waals surface area contributed by atoms with Gasteiger partial charge in [-0.15, -0.1) is 0 Å². The molecular weight excluding hydrogens is 244 g/mol. The summed E-state index contributed by atoms with van der Waals surface area (Å²) in [6.45, 7) is 0.802. The van der Waals surface area contributed by atoms with Gasteiger partial charge >= 0.3 is 0 Å². The minimum atomic E-state index is -0.546. The number of hydrogen-bond donors (Lipinski definition) is 2. The highest BCUT2D eigenvalue weighted by Gasteiger charge is 2.08. The van der Waals surface area contributed by atoms with Gasteiger partial charge in [0, 0.05) is 13.1 Å². The number of amides is 1. The molecule has 1 rings (SSSR count). The first-order valence-electron chi connectivity index (χ1n) is 6.23. The molecule has 0 heterocycles. The number of methoxy groups -OCH3 is 1. The smallest absolute Gasteiger partial charge is 0.224 e. The maximum Gasteiger partial charge on any atom is 0.224 e. The first-order valence-corrected chi connectivity index (χ1v) is 6.23. The van der Waals surface area contributed by atoms with Crippen molar-refractivity contribution in [2.45, 2.75) is 12.5 Å². The van der Waals surface area contributed by atoms with Crippen molar-refractivity contribution in [2.75, 3.05) is 34.3 Å². The Hall–Kier alpha value is -1.59. The average molecular weight is 266 g/mol. The molecule has 19 heavy (non-hydrogen) atoms. The van der Waals surface area contributed by atoms with Gasteiger partial charge in [-0.25, -0.2) is 0 Å². The number of aliphatic hydroxyl groups is 1. The van der Waals surface area contributed by atoms with Crippen LogP contribution in [0.25, 0.3) is 0 Å². The Bertz CT molecular complexity index is 390. The van der Waals surface area contributed by atoms with E-state index < -0.39 is 6.10 Å². The lowest BCUT2D eigenvalue weighted by molar-refractivity contribution is -0.120. The highest BCUT2D eigenvalue weighted by Crippen LogP contribution is 2.11. The number of hydrogen-bond acceptors (Lipinski definition) is 4. The summed E-state index contributed by atoms with van der Waals surface area (Å²) in [5.41, 5.74) is 0.917. The Morgan fingerprint density at radius 2 is 2.00 bits per heavy atom. The van der Waals surface area contributed by atoms with E-state index in [0.717, 1.165) is 11.3 Å². The summed E-state index contributed by atoms with van der Waals surface area (Å²) in [6.07, 6.45) is -0.242. The monoisotopic (exact) mass is 266 g/mol. The summed E-state index contributed by atoms with van der Waals surface area (Å²) < 4.78 is 5.05. The first-order chi connectivity index (χ1) is 9.01. The normalized spacial score (nSPS) is 12.3. The van der Waals surface area contributed by atoms with E-state index >= 15 is 0 Å². The Balaban J connectivity index is 2.34. The molecular formula is C14H22N2O3. The van der Waals surface area contributed by atoms with Gasteiger partial charge in [-0.3, -0.25) is 4.79 Å². The molecule has 0 aliphatic heterocycles. The number of nitrogens with one attached hydrogen (secondary N) is 1. The molecule has 0 saturated carbocycles. The van der Waals surface area contributed by atoms with E-state index in [1.807, 2.05) is 43.3 Å². The number of carbonyl (C=O) groups is 1. The number of rotatable bonds is 7. The second-order valence-corrected chi connectivity index (χ2v) is 4.74. The van der Waals surface area contributed by atoms with Crippen LogP contribution in [-0.2, 0) is 11.2 Å².